The molecule has 0 fully saturated rings. The molecule has 0 aliphatic rings. The molecule has 1 aromatic carbocycles. The number of methoxy groups -OCH3 is 2. The molecule has 4 nitrogen and oxygen atoms in total. The maximum Gasteiger partial charge on any atom is 0.341 e. The second kappa shape index (κ2) is 7.16. The highest BCUT2D eigenvalue weighted by atomic mass is 16.5. The standard InChI is InChI=1S/C15H16O4/c1-11(16)8-9-12-6-4-5-7-13(12)14(10-18-2)15(17)19-3/h4-10H,1-3H3. The summed E-state index contributed by atoms with van der Waals surface area (Å²) in [5.41, 5.74) is 1.69. The highest BCUT2D eigenvalue weighted by Crippen LogP contribution is 2.22. The Morgan fingerprint density at radius 3 is 2.42 bits per heavy atom. The highest BCUT2D eigenvalue weighted by Gasteiger charge is 2.15. The maximum atomic E-state index is 11.7. The summed E-state index contributed by atoms with van der Waals surface area (Å²) < 4.78 is 9.63. The van der Waals surface area contributed by atoms with Gasteiger partial charge in [-0.05, 0) is 24.1 Å². The van der Waals surface area contributed by atoms with E-state index >= 15 is 0 Å². The lowest BCUT2D eigenvalue weighted by atomic mass is 10.00. The molecule has 0 saturated carbocycles. The third-order valence-electron chi connectivity index (χ3n) is 2.39. The monoisotopic (exact) mass is 260 g/mol. The predicted octanol–water partition coefficient (Wildman–Crippen LogP) is 2.45. The van der Waals surface area contributed by atoms with Gasteiger partial charge in [-0.15, -0.1) is 0 Å². The van der Waals surface area contributed by atoms with Crippen LogP contribution in [0.15, 0.2) is 36.6 Å². The van der Waals surface area contributed by atoms with Crippen LogP contribution in [0.1, 0.15) is 18.1 Å². The van der Waals surface area contributed by atoms with E-state index < -0.39 is 5.97 Å². The van der Waals surface area contributed by atoms with Crippen molar-refractivity contribution in [1.82, 2.24) is 0 Å². The van der Waals surface area contributed by atoms with Gasteiger partial charge in [0.2, 0.25) is 0 Å². The number of ketones is 1. The van der Waals surface area contributed by atoms with Gasteiger partial charge < -0.3 is 9.47 Å². The van der Waals surface area contributed by atoms with Gasteiger partial charge in [-0.25, -0.2) is 4.79 Å². The SMILES string of the molecule is COC=C(C(=O)OC)c1ccccc1C=CC(C)=O. The molecule has 0 bridgehead atoms. The molecular formula is C15H16O4. The molecule has 1 aromatic rings. The lowest BCUT2D eigenvalue weighted by molar-refractivity contribution is -0.133. The molecule has 19 heavy (non-hydrogen) atoms. The zero-order chi connectivity index (χ0) is 14.3. The molecule has 0 amide bonds. The Morgan fingerprint density at radius 1 is 1.16 bits per heavy atom. The number of hydrogen-bond acceptors (Lipinski definition) is 4. The fourth-order valence-electron chi connectivity index (χ4n) is 1.54. The van der Waals surface area contributed by atoms with Crippen LogP contribution in [0.3, 0.4) is 0 Å². The van der Waals surface area contributed by atoms with E-state index in [2.05, 4.69) is 0 Å². The number of benzene rings is 1. The lowest BCUT2D eigenvalue weighted by Crippen LogP contribution is -2.05. The first-order valence-corrected chi connectivity index (χ1v) is 5.69. The second-order valence-electron chi connectivity index (χ2n) is 3.79. The van der Waals surface area contributed by atoms with Crippen molar-refractivity contribution in [3.63, 3.8) is 0 Å². The zero-order valence-electron chi connectivity index (χ0n) is 11.2. The zero-order valence-corrected chi connectivity index (χ0v) is 11.2. The van der Waals surface area contributed by atoms with E-state index in [1.807, 2.05) is 6.07 Å². The molecule has 0 unspecified atom stereocenters. The summed E-state index contributed by atoms with van der Waals surface area (Å²) in [5, 5.41) is 0. The van der Waals surface area contributed by atoms with Gasteiger partial charge in [0.05, 0.1) is 20.5 Å². The molecule has 0 spiro atoms. The number of ether oxygens (including phenoxy) is 2. The minimum Gasteiger partial charge on any atom is -0.503 e. The van der Waals surface area contributed by atoms with Crippen LogP contribution >= 0.6 is 0 Å². The fourth-order valence-corrected chi connectivity index (χ4v) is 1.54. The Kier molecular flexibility index (Phi) is 5.54. The van der Waals surface area contributed by atoms with E-state index in [1.54, 1.807) is 24.3 Å². The van der Waals surface area contributed by atoms with Crippen LogP contribution in [-0.2, 0) is 19.1 Å². The van der Waals surface area contributed by atoms with Crippen molar-refractivity contribution in [2.24, 2.45) is 0 Å². The predicted molar refractivity (Wildman–Crippen MR) is 73.2 cm³/mol. The molecule has 0 radical (unpaired) electrons. The Labute approximate surface area is 112 Å². The average Bonchev–Trinajstić information content (AvgIpc) is 2.42. The number of allylic oxidation sites excluding steroid dienone is 1. The normalized spacial score (nSPS) is 11.4. The lowest BCUT2D eigenvalue weighted by Gasteiger charge is -2.08. The summed E-state index contributed by atoms with van der Waals surface area (Å²) in [5.74, 6) is -0.560. The summed E-state index contributed by atoms with van der Waals surface area (Å²) in [4.78, 5) is 22.7. The van der Waals surface area contributed by atoms with E-state index in [-0.39, 0.29) is 5.78 Å². The van der Waals surface area contributed by atoms with Crippen LogP contribution in [-0.4, -0.2) is 26.0 Å². The van der Waals surface area contributed by atoms with Gasteiger partial charge >= 0.3 is 5.97 Å². The molecule has 0 aliphatic carbocycles. The Bertz CT molecular complexity index is 527. The topological polar surface area (TPSA) is 52.6 Å². The van der Waals surface area contributed by atoms with Crippen molar-refractivity contribution in [3.05, 3.63) is 47.7 Å². The fraction of sp³-hybridized carbons (Fsp3) is 0.200. The summed E-state index contributed by atoms with van der Waals surface area (Å²) in [6.45, 7) is 1.46. The van der Waals surface area contributed by atoms with E-state index in [9.17, 15) is 9.59 Å². The summed E-state index contributed by atoms with van der Waals surface area (Å²) in [7, 11) is 2.76. The smallest absolute Gasteiger partial charge is 0.341 e. The van der Waals surface area contributed by atoms with Gasteiger partial charge in [0.1, 0.15) is 5.57 Å². The Hall–Kier alpha value is -2.36. The average molecular weight is 260 g/mol. The number of hydrogen-bond donors (Lipinski definition) is 0. The van der Waals surface area contributed by atoms with Gasteiger partial charge in [-0.3, -0.25) is 4.79 Å². The van der Waals surface area contributed by atoms with E-state index in [0.717, 1.165) is 5.56 Å². The van der Waals surface area contributed by atoms with E-state index in [0.29, 0.717) is 11.1 Å². The van der Waals surface area contributed by atoms with Crippen LogP contribution < -0.4 is 0 Å². The first-order valence-electron chi connectivity index (χ1n) is 5.69. The minimum absolute atomic E-state index is 0.0647. The van der Waals surface area contributed by atoms with Crippen LogP contribution in [0.4, 0.5) is 0 Å². The molecule has 4 heteroatoms. The minimum atomic E-state index is -0.495. The van der Waals surface area contributed by atoms with Crippen molar-refractivity contribution in [2.45, 2.75) is 6.92 Å². The number of carbonyl (C=O) groups excluding carboxylic acids is 2. The van der Waals surface area contributed by atoms with Crippen molar-refractivity contribution in [3.8, 4) is 0 Å². The van der Waals surface area contributed by atoms with Crippen LogP contribution in [0.2, 0.25) is 0 Å². The molecule has 0 heterocycles. The quantitative estimate of drug-likeness (QED) is 0.463. The molecule has 0 saturated heterocycles. The number of rotatable bonds is 5. The summed E-state index contributed by atoms with van der Waals surface area (Å²) in [6.07, 6.45) is 4.43. The van der Waals surface area contributed by atoms with Gasteiger partial charge in [-0.2, -0.15) is 0 Å². The molecule has 0 N–H and O–H groups in total. The first-order chi connectivity index (χ1) is 9.10. The van der Waals surface area contributed by atoms with Gasteiger partial charge in [-0.1, -0.05) is 30.3 Å². The molecular weight excluding hydrogens is 244 g/mol. The van der Waals surface area contributed by atoms with Gasteiger partial charge in [0.25, 0.3) is 0 Å². The second-order valence-corrected chi connectivity index (χ2v) is 3.79. The third-order valence-corrected chi connectivity index (χ3v) is 2.39. The summed E-state index contributed by atoms with van der Waals surface area (Å²) in [6, 6.07) is 7.20. The number of carbonyl (C=O) groups is 2. The van der Waals surface area contributed by atoms with Crippen LogP contribution in [0, 0.1) is 0 Å². The van der Waals surface area contributed by atoms with E-state index in [4.69, 9.17) is 9.47 Å². The third kappa shape index (κ3) is 4.10. The number of esters is 1. The molecule has 0 aliphatic heterocycles. The molecule has 1 rings (SSSR count). The Balaban J connectivity index is 3.28. The van der Waals surface area contributed by atoms with Crippen LogP contribution in [0.5, 0.6) is 0 Å². The van der Waals surface area contributed by atoms with Gasteiger partial charge in [0.15, 0.2) is 5.78 Å². The van der Waals surface area contributed by atoms with E-state index in [1.165, 1.54) is 33.5 Å². The highest BCUT2D eigenvalue weighted by molar-refractivity contribution is 6.17. The van der Waals surface area contributed by atoms with Gasteiger partial charge in [0, 0.05) is 0 Å². The Morgan fingerprint density at radius 2 is 1.84 bits per heavy atom. The van der Waals surface area contributed by atoms with Crippen molar-refractivity contribution in [2.75, 3.05) is 14.2 Å². The van der Waals surface area contributed by atoms with Crippen LogP contribution in [0.25, 0.3) is 11.6 Å². The van der Waals surface area contributed by atoms with Crippen molar-refractivity contribution in [1.29, 1.82) is 0 Å². The first kappa shape index (κ1) is 14.7. The maximum absolute atomic E-state index is 11.7. The molecule has 100 valence electrons. The van der Waals surface area contributed by atoms with Crippen molar-refractivity contribution >= 4 is 23.4 Å². The molecule has 0 atom stereocenters. The van der Waals surface area contributed by atoms with Crippen molar-refractivity contribution < 1.29 is 19.1 Å². The summed E-state index contributed by atoms with van der Waals surface area (Å²) >= 11 is 0. The largest absolute Gasteiger partial charge is 0.503 e. The molecule has 0 aromatic heterocycles.